The van der Waals surface area contributed by atoms with Crippen LogP contribution in [-0.2, 0) is 25.8 Å². The minimum atomic E-state index is -0.868. The fraction of sp³-hybridized carbons (Fsp3) is 0.567. The topological polar surface area (TPSA) is 118 Å². The van der Waals surface area contributed by atoms with E-state index in [4.69, 9.17) is 4.74 Å². The average molecular weight is 582 g/mol. The summed E-state index contributed by atoms with van der Waals surface area (Å²) in [7, 11) is 0. The van der Waals surface area contributed by atoms with Gasteiger partial charge in [0, 0.05) is 11.8 Å². The zero-order valence-electron chi connectivity index (χ0n) is 23.9. The molecule has 10 nitrogen and oxygen atoms in total. The van der Waals surface area contributed by atoms with Gasteiger partial charge in [-0.2, -0.15) is 0 Å². The third-order valence-corrected chi connectivity index (χ3v) is 10.8. The summed E-state index contributed by atoms with van der Waals surface area (Å²) in [6.45, 7) is 13.8. The molecule has 3 aliphatic heterocycles. The van der Waals surface area contributed by atoms with Crippen molar-refractivity contribution in [1.82, 2.24) is 24.8 Å². The number of hydrogen-bond acceptors (Lipinski definition) is 8. The number of carbonyl (C=O) groups is 3. The normalized spacial score (nSPS) is 29.1. The summed E-state index contributed by atoms with van der Waals surface area (Å²) in [6.07, 6.45) is 4.39. The third kappa shape index (κ3) is 4.76. The van der Waals surface area contributed by atoms with Crippen molar-refractivity contribution in [3.63, 3.8) is 0 Å². The maximum atomic E-state index is 14.8. The standard InChI is InChI=1S/C30H39N5O5S/c1-6-12-33(17-34-22-11-9-8-10-21(22)31-32-34)28(38)26-30-19(5)15-23(41-30)24(29(39)40-13-7-2)25(30)27(37)35(26)20(16-36)14-18(3)4/h6-11,18-20,23-26,36H,1-2,12-17H2,3-5H3/t19?,20-,23-,24+,25+,26?,30?/m1/s1. The number of aromatic nitrogens is 3. The van der Waals surface area contributed by atoms with E-state index in [-0.39, 0.29) is 55.3 Å². The molecule has 2 amide bonds. The quantitative estimate of drug-likeness (QED) is 0.300. The lowest BCUT2D eigenvalue weighted by atomic mass is 9.66. The summed E-state index contributed by atoms with van der Waals surface area (Å²) >= 11 is 1.59. The molecular formula is C30H39N5O5S. The first-order chi connectivity index (χ1) is 19.7. The van der Waals surface area contributed by atoms with Crippen molar-refractivity contribution in [2.75, 3.05) is 19.8 Å². The van der Waals surface area contributed by atoms with Gasteiger partial charge in [-0.05, 0) is 36.8 Å². The van der Waals surface area contributed by atoms with Crippen LogP contribution in [0.2, 0.25) is 0 Å². The number of thioether (sulfide) groups is 1. The maximum Gasteiger partial charge on any atom is 0.311 e. The second kappa shape index (κ2) is 11.6. The van der Waals surface area contributed by atoms with Gasteiger partial charge < -0.3 is 19.6 Å². The second-order valence-corrected chi connectivity index (χ2v) is 13.3. The number of hydrogen-bond donors (Lipinski definition) is 1. The molecule has 5 rings (SSSR count). The molecule has 0 aliphatic carbocycles. The lowest BCUT2D eigenvalue weighted by Crippen LogP contribution is -2.59. The highest BCUT2D eigenvalue weighted by Crippen LogP contribution is 2.69. The molecule has 0 radical (unpaired) electrons. The number of rotatable bonds is 12. The highest BCUT2D eigenvalue weighted by atomic mass is 32.2. The molecule has 3 fully saturated rings. The van der Waals surface area contributed by atoms with Crippen molar-refractivity contribution in [3.8, 4) is 0 Å². The van der Waals surface area contributed by atoms with Crippen molar-refractivity contribution < 1.29 is 24.2 Å². The van der Waals surface area contributed by atoms with E-state index < -0.39 is 34.6 Å². The largest absolute Gasteiger partial charge is 0.461 e. The van der Waals surface area contributed by atoms with E-state index in [9.17, 15) is 19.5 Å². The first-order valence-corrected chi connectivity index (χ1v) is 15.1. The molecular weight excluding hydrogens is 542 g/mol. The fourth-order valence-electron chi connectivity index (χ4n) is 7.19. The molecule has 220 valence electrons. The van der Waals surface area contributed by atoms with Gasteiger partial charge in [0.25, 0.3) is 0 Å². The summed E-state index contributed by atoms with van der Waals surface area (Å²) in [4.78, 5) is 45.8. The van der Waals surface area contributed by atoms with Crippen LogP contribution < -0.4 is 0 Å². The lowest BCUT2D eigenvalue weighted by Gasteiger charge is -2.42. The molecule has 0 saturated carbocycles. The van der Waals surface area contributed by atoms with Crippen LogP contribution in [-0.4, -0.2) is 89.5 Å². The van der Waals surface area contributed by atoms with Crippen LogP contribution >= 0.6 is 11.8 Å². The minimum absolute atomic E-state index is 0.00923. The summed E-state index contributed by atoms with van der Waals surface area (Å²) in [6, 6.07) is 6.09. The number of fused-ring (bicyclic) bond motifs is 2. The number of aliphatic hydroxyl groups excluding tert-OH is 1. The van der Waals surface area contributed by atoms with Crippen molar-refractivity contribution in [1.29, 1.82) is 0 Å². The number of nitrogens with zero attached hydrogens (tertiary/aromatic N) is 5. The van der Waals surface area contributed by atoms with Gasteiger partial charge in [0.1, 0.15) is 24.8 Å². The van der Waals surface area contributed by atoms with E-state index in [1.807, 2.05) is 38.1 Å². The monoisotopic (exact) mass is 581 g/mol. The highest BCUT2D eigenvalue weighted by molar-refractivity contribution is 8.02. The predicted octanol–water partition coefficient (Wildman–Crippen LogP) is 2.88. The molecule has 41 heavy (non-hydrogen) atoms. The number of amides is 2. The summed E-state index contributed by atoms with van der Waals surface area (Å²) in [5, 5.41) is 18.9. The number of para-hydroxylation sites is 1. The van der Waals surface area contributed by atoms with Crippen LogP contribution in [0.4, 0.5) is 0 Å². The van der Waals surface area contributed by atoms with E-state index in [0.29, 0.717) is 18.4 Å². The van der Waals surface area contributed by atoms with Crippen LogP contribution in [0.1, 0.15) is 33.6 Å². The Morgan fingerprint density at radius 1 is 1.29 bits per heavy atom. The van der Waals surface area contributed by atoms with Crippen molar-refractivity contribution in [2.24, 2.45) is 23.7 Å². The zero-order chi connectivity index (χ0) is 29.5. The predicted molar refractivity (Wildman–Crippen MR) is 156 cm³/mol. The Kier molecular flexibility index (Phi) is 8.29. The van der Waals surface area contributed by atoms with Gasteiger partial charge in [-0.25, -0.2) is 4.68 Å². The van der Waals surface area contributed by atoms with Gasteiger partial charge in [-0.3, -0.25) is 14.4 Å². The van der Waals surface area contributed by atoms with E-state index in [1.165, 1.54) is 6.08 Å². The Labute approximate surface area is 244 Å². The first-order valence-electron chi connectivity index (χ1n) is 14.3. The molecule has 3 aliphatic rings. The smallest absolute Gasteiger partial charge is 0.311 e. The second-order valence-electron chi connectivity index (χ2n) is 11.8. The van der Waals surface area contributed by atoms with Gasteiger partial charge >= 0.3 is 5.97 Å². The van der Waals surface area contributed by atoms with Crippen LogP contribution in [0.5, 0.6) is 0 Å². The molecule has 1 aromatic heterocycles. The first kappa shape index (κ1) is 29.3. The molecule has 2 aromatic rings. The molecule has 1 aromatic carbocycles. The van der Waals surface area contributed by atoms with Gasteiger partial charge in [-0.1, -0.05) is 56.8 Å². The molecule has 11 heteroatoms. The Bertz CT molecular complexity index is 1350. The minimum Gasteiger partial charge on any atom is -0.461 e. The Morgan fingerprint density at radius 2 is 2.05 bits per heavy atom. The summed E-state index contributed by atoms with van der Waals surface area (Å²) < 4.78 is 6.32. The number of carbonyl (C=O) groups excluding carboxylic acids is 3. The molecule has 4 heterocycles. The van der Waals surface area contributed by atoms with E-state index >= 15 is 0 Å². The van der Waals surface area contributed by atoms with Gasteiger partial charge in [0.05, 0.1) is 34.7 Å². The zero-order valence-corrected chi connectivity index (χ0v) is 24.7. The Balaban J connectivity index is 1.58. The maximum absolute atomic E-state index is 14.8. The summed E-state index contributed by atoms with van der Waals surface area (Å²) in [5.74, 6) is -2.14. The van der Waals surface area contributed by atoms with Crippen LogP contribution in [0.3, 0.4) is 0 Å². The molecule has 1 N–H and O–H groups in total. The van der Waals surface area contributed by atoms with Gasteiger partial charge in [0.15, 0.2) is 0 Å². The number of esters is 1. The van der Waals surface area contributed by atoms with Gasteiger partial charge in [-0.15, -0.1) is 23.4 Å². The summed E-state index contributed by atoms with van der Waals surface area (Å²) in [5.41, 5.74) is 1.50. The molecule has 1 spiro atoms. The third-order valence-electron chi connectivity index (χ3n) is 8.77. The van der Waals surface area contributed by atoms with E-state index in [1.54, 1.807) is 32.3 Å². The molecule has 3 saturated heterocycles. The average Bonchev–Trinajstić information content (AvgIpc) is 3.67. The Morgan fingerprint density at radius 3 is 2.73 bits per heavy atom. The van der Waals surface area contributed by atoms with E-state index in [0.717, 1.165) is 5.52 Å². The number of likely N-dealkylation sites (tertiary alicyclic amines) is 1. The fourth-order valence-corrected chi connectivity index (χ4v) is 9.58. The number of benzene rings is 1. The van der Waals surface area contributed by atoms with Crippen molar-refractivity contribution in [3.05, 3.63) is 49.6 Å². The lowest BCUT2D eigenvalue weighted by molar-refractivity contribution is -0.154. The van der Waals surface area contributed by atoms with Crippen molar-refractivity contribution >= 4 is 40.6 Å². The Hall–Kier alpha value is -3.18. The highest BCUT2D eigenvalue weighted by Gasteiger charge is 2.77. The van der Waals surface area contributed by atoms with Crippen LogP contribution in [0, 0.1) is 23.7 Å². The van der Waals surface area contributed by atoms with Crippen LogP contribution in [0.15, 0.2) is 49.6 Å². The number of aliphatic hydroxyl groups is 1. The SMILES string of the molecule is C=CCOC(=O)[C@@H]1[C@H]2C(=O)N([C@@H](CO)CC(C)C)C(C(=O)N(CC=C)Cn3nnc4ccccc43)C23S[C@@H]1CC3C. The molecule has 2 bridgehead atoms. The van der Waals surface area contributed by atoms with Gasteiger partial charge in [0.2, 0.25) is 11.8 Å². The number of ether oxygens (including phenoxy) is 1. The van der Waals surface area contributed by atoms with Crippen LogP contribution in [0.25, 0.3) is 11.0 Å². The van der Waals surface area contributed by atoms with Crippen molar-refractivity contribution in [2.45, 2.75) is 62.4 Å². The van der Waals surface area contributed by atoms with E-state index in [2.05, 4.69) is 30.4 Å². The molecule has 7 atom stereocenters. The molecule has 3 unspecified atom stereocenters.